The first-order valence-electron chi connectivity index (χ1n) is 5.56. The zero-order valence-corrected chi connectivity index (χ0v) is 12.7. The van der Waals surface area contributed by atoms with Crippen molar-refractivity contribution in [1.29, 1.82) is 0 Å². The summed E-state index contributed by atoms with van der Waals surface area (Å²) >= 11 is 0. The van der Waals surface area contributed by atoms with Crippen molar-refractivity contribution in [1.82, 2.24) is 0 Å². The van der Waals surface area contributed by atoms with Gasteiger partial charge in [0, 0.05) is 0 Å². The molecule has 1 atom stereocenters. The maximum Gasteiger partial charge on any atom is 0.0563 e. The first kappa shape index (κ1) is 20.7. The van der Waals surface area contributed by atoms with Crippen LogP contribution in [0.2, 0.25) is 0 Å². The Bertz CT molecular complexity index is 85.8. The summed E-state index contributed by atoms with van der Waals surface area (Å²) in [6, 6.07) is 0. The third-order valence-corrected chi connectivity index (χ3v) is 0.966. The smallest absolute Gasteiger partial charge is 0.0563 e. The van der Waals surface area contributed by atoms with Crippen molar-refractivity contribution in [2.24, 2.45) is 0 Å². The number of hydrogen-bond acceptors (Lipinski definition) is 2. The summed E-state index contributed by atoms with van der Waals surface area (Å²) < 4.78 is 0. The molecule has 0 spiro atoms. The Kier molecular flexibility index (Phi) is 15.0. The fourth-order valence-corrected chi connectivity index (χ4v) is 0.612. The van der Waals surface area contributed by atoms with Crippen molar-refractivity contribution in [2.45, 2.75) is 72.5 Å². The summed E-state index contributed by atoms with van der Waals surface area (Å²) in [4.78, 5) is 0. The summed E-state index contributed by atoms with van der Waals surface area (Å²) in [6.45, 7) is 12.7. The molecule has 0 saturated carbocycles. The first-order valence-corrected chi connectivity index (χ1v) is 6.38. The van der Waals surface area contributed by atoms with E-state index >= 15 is 0 Å². The second kappa shape index (κ2) is 10.9. The van der Waals surface area contributed by atoms with Crippen LogP contribution in [-0.4, -0.2) is 27.6 Å². The summed E-state index contributed by atoms with van der Waals surface area (Å²) in [7, 11) is 2.70. The molecule has 15 heavy (non-hydrogen) atoms. The largest absolute Gasteiger partial charge is 0.391 e. The van der Waals surface area contributed by atoms with E-state index in [4.69, 9.17) is 10.2 Å². The number of aliphatic hydroxyl groups is 2. The minimum Gasteiger partial charge on any atom is -0.391 e. The fraction of sp³-hybridized carbons (Fsp3) is 1.00. The Morgan fingerprint density at radius 2 is 1.07 bits per heavy atom. The molecule has 0 amide bonds. The van der Waals surface area contributed by atoms with Crippen LogP contribution in [0.4, 0.5) is 0 Å². The molecule has 0 aliphatic heterocycles. The van der Waals surface area contributed by atoms with Gasteiger partial charge in [0.15, 0.2) is 0 Å². The van der Waals surface area contributed by atoms with Crippen LogP contribution in [-0.2, 0) is 0 Å². The third-order valence-electron chi connectivity index (χ3n) is 0.558. The van der Waals surface area contributed by atoms with Crippen LogP contribution in [0.25, 0.3) is 0 Å². The molecule has 2 nitrogen and oxygen atoms in total. The molecule has 0 aliphatic carbocycles. The minimum absolute atomic E-state index is 0.500. The molecule has 0 aromatic heterocycles. The summed E-state index contributed by atoms with van der Waals surface area (Å²) in [6.07, 6.45) is 3.94. The van der Waals surface area contributed by atoms with Crippen molar-refractivity contribution in [3.05, 3.63) is 0 Å². The third kappa shape index (κ3) is 396. The SMILES string of the molecule is CC(C)(C)O.CC(C)(C)O.CCCCP. The fourth-order valence-electron chi connectivity index (χ4n) is 0.204. The molecule has 0 aromatic rings. The lowest BCUT2D eigenvalue weighted by molar-refractivity contribution is 0.101. The predicted molar refractivity (Wildman–Crippen MR) is 73.4 cm³/mol. The van der Waals surface area contributed by atoms with Crippen molar-refractivity contribution in [3.63, 3.8) is 0 Å². The van der Waals surface area contributed by atoms with E-state index in [1.54, 1.807) is 41.5 Å². The molecule has 0 heterocycles. The zero-order chi connectivity index (χ0) is 13.1. The average Bonchev–Trinajstić information content (AvgIpc) is 1.80. The molecule has 1 unspecified atom stereocenters. The first-order chi connectivity index (χ1) is 6.41. The summed E-state index contributed by atoms with van der Waals surface area (Å²) in [5.41, 5.74) is -1.00. The molecule has 3 heteroatoms. The van der Waals surface area contributed by atoms with Gasteiger partial charge in [-0.3, -0.25) is 0 Å². The van der Waals surface area contributed by atoms with Gasteiger partial charge in [-0.25, -0.2) is 0 Å². The molecule has 0 fully saturated rings. The lowest BCUT2D eigenvalue weighted by atomic mass is 10.2. The highest BCUT2D eigenvalue weighted by Crippen LogP contribution is 1.93. The molecular weight excluding hydrogens is 207 g/mol. The van der Waals surface area contributed by atoms with E-state index in [1.165, 1.54) is 19.0 Å². The lowest BCUT2D eigenvalue weighted by Crippen LogP contribution is -2.10. The van der Waals surface area contributed by atoms with Gasteiger partial charge in [0.05, 0.1) is 11.2 Å². The Labute approximate surface area is 98.7 Å². The average molecular weight is 238 g/mol. The lowest BCUT2D eigenvalue weighted by Gasteiger charge is -2.04. The summed E-state index contributed by atoms with van der Waals surface area (Å²) in [5.74, 6) is 0. The number of rotatable bonds is 2. The highest BCUT2D eigenvalue weighted by atomic mass is 31.0. The molecule has 0 aliphatic rings. The monoisotopic (exact) mass is 238 g/mol. The van der Waals surface area contributed by atoms with Crippen LogP contribution in [0.15, 0.2) is 0 Å². The van der Waals surface area contributed by atoms with E-state index < -0.39 is 11.2 Å². The molecule has 96 valence electrons. The topological polar surface area (TPSA) is 40.5 Å². The molecule has 2 N–H and O–H groups in total. The second-order valence-electron chi connectivity index (χ2n) is 5.48. The van der Waals surface area contributed by atoms with Crippen molar-refractivity contribution < 1.29 is 10.2 Å². The molecule has 0 radical (unpaired) electrons. The van der Waals surface area contributed by atoms with E-state index in [9.17, 15) is 0 Å². The van der Waals surface area contributed by atoms with Gasteiger partial charge in [-0.1, -0.05) is 19.8 Å². The maximum absolute atomic E-state index is 8.52. The van der Waals surface area contributed by atoms with Gasteiger partial charge in [-0.2, -0.15) is 0 Å². The van der Waals surface area contributed by atoms with E-state index in [-0.39, 0.29) is 0 Å². The minimum atomic E-state index is -0.500. The van der Waals surface area contributed by atoms with Crippen LogP contribution in [0.3, 0.4) is 0 Å². The molecule has 0 aromatic carbocycles. The Balaban J connectivity index is -0.000000144. The number of hydrogen-bond donors (Lipinski definition) is 2. The van der Waals surface area contributed by atoms with Crippen LogP contribution in [0.1, 0.15) is 61.3 Å². The van der Waals surface area contributed by atoms with Crippen molar-refractivity contribution in [2.75, 3.05) is 6.16 Å². The van der Waals surface area contributed by atoms with Gasteiger partial charge >= 0.3 is 0 Å². The normalized spacial score (nSPS) is 10.8. The zero-order valence-electron chi connectivity index (χ0n) is 11.6. The molecule has 0 bridgehead atoms. The highest BCUT2D eigenvalue weighted by Gasteiger charge is 1.98. The Hall–Kier alpha value is 0.350. The standard InChI is InChI=1S/2C4H10O.C4H11P/c2*1-4(2,3)5;1-2-3-4-5/h2*5H,1-3H3;2-5H2,1H3. The van der Waals surface area contributed by atoms with Gasteiger partial charge in [0.2, 0.25) is 0 Å². The van der Waals surface area contributed by atoms with Crippen LogP contribution in [0.5, 0.6) is 0 Å². The van der Waals surface area contributed by atoms with Gasteiger partial charge in [-0.15, -0.1) is 9.24 Å². The van der Waals surface area contributed by atoms with E-state index in [0.717, 1.165) is 0 Å². The molecular formula is C12H31O2P. The van der Waals surface area contributed by atoms with Crippen molar-refractivity contribution in [3.8, 4) is 0 Å². The van der Waals surface area contributed by atoms with Gasteiger partial charge in [0.1, 0.15) is 0 Å². The molecule has 0 saturated heterocycles. The Morgan fingerprint density at radius 1 is 0.867 bits per heavy atom. The van der Waals surface area contributed by atoms with E-state index in [1.807, 2.05) is 0 Å². The van der Waals surface area contributed by atoms with Crippen LogP contribution in [0, 0.1) is 0 Å². The maximum atomic E-state index is 8.52. The predicted octanol–water partition coefficient (Wildman–Crippen LogP) is 3.22. The quantitative estimate of drug-likeness (QED) is 0.725. The van der Waals surface area contributed by atoms with Crippen LogP contribution < -0.4 is 0 Å². The number of unbranched alkanes of at least 4 members (excludes halogenated alkanes) is 1. The second-order valence-corrected chi connectivity index (χ2v) is 6.06. The summed E-state index contributed by atoms with van der Waals surface area (Å²) in [5, 5.41) is 17.0. The van der Waals surface area contributed by atoms with Crippen LogP contribution >= 0.6 is 9.24 Å². The molecule has 0 rings (SSSR count). The van der Waals surface area contributed by atoms with Crippen molar-refractivity contribution >= 4 is 9.24 Å². The van der Waals surface area contributed by atoms with Gasteiger partial charge in [-0.05, 0) is 47.7 Å². The van der Waals surface area contributed by atoms with E-state index in [2.05, 4.69) is 16.2 Å². The highest BCUT2D eigenvalue weighted by molar-refractivity contribution is 7.16. The van der Waals surface area contributed by atoms with E-state index in [0.29, 0.717) is 0 Å². The Morgan fingerprint density at radius 3 is 1.07 bits per heavy atom. The van der Waals surface area contributed by atoms with Gasteiger partial charge < -0.3 is 10.2 Å². The van der Waals surface area contributed by atoms with Gasteiger partial charge in [0.25, 0.3) is 0 Å².